The summed E-state index contributed by atoms with van der Waals surface area (Å²) in [4.78, 5) is 17.6. The van der Waals surface area contributed by atoms with Gasteiger partial charge in [-0.05, 0) is 24.9 Å². The number of rotatable bonds is 2. The lowest BCUT2D eigenvalue weighted by Crippen LogP contribution is -2.28. The third-order valence-electron chi connectivity index (χ3n) is 3.37. The summed E-state index contributed by atoms with van der Waals surface area (Å²) in [6, 6.07) is 0. The molecule has 0 aliphatic carbocycles. The predicted molar refractivity (Wildman–Crippen MR) is 67.2 cm³/mol. The van der Waals surface area contributed by atoms with Crippen molar-refractivity contribution in [3.63, 3.8) is 0 Å². The minimum absolute atomic E-state index is 0.0261. The van der Waals surface area contributed by atoms with E-state index in [9.17, 15) is 18.0 Å². The molecular formula is C11H10F3N5O2S. The molecule has 1 aliphatic heterocycles. The van der Waals surface area contributed by atoms with Gasteiger partial charge in [-0.1, -0.05) is 9.64 Å². The van der Waals surface area contributed by atoms with Gasteiger partial charge in [-0.15, -0.1) is 5.10 Å². The van der Waals surface area contributed by atoms with Gasteiger partial charge in [0, 0.05) is 19.0 Å². The fourth-order valence-corrected chi connectivity index (χ4v) is 2.87. The maximum Gasteiger partial charge on any atom is 0.471 e. The van der Waals surface area contributed by atoms with Crippen LogP contribution in [0.25, 0.3) is 0 Å². The second-order valence-electron chi connectivity index (χ2n) is 4.88. The van der Waals surface area contributed by atoms with E-state index < -0.39 is 12.1 Å². The first-order chi connectivity index (χ1) is 10.4. The quantitative estimate of drug-likeness (QED) is 0.834. The van der Waals surface area contributed by atoms with E-state index in [2.05, 4.69) is 24.3 Å². The van der Waals surface area contributed by atoms with E-state index in [1.54, 1.807) is 6.92 Å². The molecule has 0 spiro atoms. The van der Waals surface area contributed by atoms with Gasteiger partial charge in [0.1, 0.15) is 4.88 Å². The monoisotopic (exact) mass is 333 g/mol. The van der Waals surface area contributed by atoms with Gasteiger partial charge in [0.15, 0.2) is 5.82 Å². The maximum absolute atomic E-state index is 12.5. The Hall–Kier alpha value is -2.04. The summed E-state index contributed by atoms with van der Waals surface area (Å²) in [5.41, 5.74) is 0.539. The van der Waals surface area contributed by atoms with E-state index in [4.69, 9.17) is 0 Å². The highest BCUT2D eigenvalue weighted by Gasteiger charge is 2.40. The molecule has 0 N–H and O–H groups in total. The topological polar surface area (TPSA) is 85.0 Å². The van der Waals surface area contributed by atoms with Gasteiger partial charge >= 0.3 is 12.1 Å². The van der Waals surface area contributed by atoms with Gasteiger partial charge in [-0.2, -0.15) is 18.2 Å². The molecule has 1 atom stereocenters. The Bertz CT molecular complexity index is 698. The number of nitrogens with zero attached hydrogens (tertiary/aromatic N) is 5. The second-order valence-corrected chi connectivity index (χ2v) is 5.63. The molecule has 3 heterocycles. The lowest BCUT2D eigenvalue weighted by molar-refractivity contribution is -0.159. The van der Waals surface area contributed by atoms with Crippen molar-refractivity contribution >= 4 is 17.4 Å². The summed E-state index contributed by atoms with van der Waals surface area (Å²) in [5, 5.41) is 7.15. The highest BCUT2D eigenvalue weighted by atomic mass is 32.1. The standard InChI is InChI=1S/C11H10F3N5O2S/c1-5-7(22-18-16-5)9(20)19-3-2-6(4-19)8-15-10(21-17-8)11(12,13)14/h6H,2-4H2,1H3. The van der Waals surface area contributed by atoms with Crippen molar-refractivity contribution in [3.8, 4) is 0 Å². The normalized spacial score (nSPS) is 18.9. The van der Waals surface area contributed by atoms with Crippen LogP contribution in [-0.2, 0) is 6.18 Å². The summed E-state index contributed by atoms with van der Waals surface area (Å²) >= 11 is 0.998. The molecule has 1 saturated heterocycles. The summed E-state index contributed by atoms with van der Waals surface area (Å²) in [7, 11) is 0. The Labute approximate surface area is 126 Å². The third kappa shape index (κ3) is 2.67. The van der Waals surface area contributed by atoms with Crippen molar-refractivity contribution in [1.29, 1.82) is 0 Å². The molecule has 3 rings (SSSR count). The van der Waals surface area contributed by atoms with Crippen molar-refractivity contribution in [2.45, 2.75) is 25.4 Å². The first kappa shape index (κ1) is 14.9. The van der Waals surface area contributed by atoms with Crippen molar-refractivity contribution < 1.29 is 22.5 Å². The number of alkyl halides is 3. The summed E-state index contributed by atoms with van der Waals surface area (Å²) in [6.07, 6.45) is -4.18. The molecule has 22 heavy (non-hydrogen) atoms. The number of hydrogen-bond donors (Lipinski definition) is 0. The molecule has 11 heteroatoms. The smallest absolute Gasteiger partial charge is 0.337 e. The molecule has 2 aromatic rings. The number of carbonyl (C=O) groups excluding carboxylic acids is 1. The van der Waals surface area contributed by atoms with Gasteiger partial charge < -0.3 is 9.42 Å². The maximum atomic E-state index is 12.5. The van der Waals surface area contributed by atoms with Crippen molar-refractivity contribution in [1.82, 2.24) is 24.6 Å². The van der Waals surface area contributed by atoms with Crippen molar-refractivity contribution in [2.75, 3.05) is 13.1 Å². The first-order valence-electron chi connectivity index (χ1n) is 6.35. The zero-order chi connectivity index (χ0) is 15.9. The van der Waals surface area contributed by atoms with Gasteiger partial charge in [0.25, 0.3) is 5.91 Å². The Kier molecular flexibility index (Phi) is 3.59. The molecule has 0 saturated carbocycles. The van der Waals surface area contributed by atoms with Crippen molar-refractivity contribution in [2.24, 2.45) is 0 Å². The molecule has 1 amide bonds. The Balaban J connectivity index is 1.71. The van der Waals surface area contributed by atoms with Gasteiger partial charge in [-0.3, -0.25) is 4.79 Å². The zero-order valence-electron chi connectivity index (χ0n) is 11.3. The van der Waals surface area contributed by atoms with Crippen LogP contribution >= 0.6 is 11.5 Å². The average molecular weight is 333 g/mol. The van der Waals surface area contributed by atoms with Gasteiger partial charge in [-0.25, -0.2) is 0 Å². The number of aryl methyl sites for hydroxylation is 1. The molecule has 0 bridgehead atoms. The van der Waals surface area contributed by atoms with Crippen LogP contribution in [0, 0.1) is 6.92 Å². The van der Waals surface area contributed by atoms with Crippen LogP contribution in [0.3, 0.4) is 0 Å². The van der Waals surface area contributed by atoms with Crippen LogP contribution in [-0.4, -0.2) is 43.6 Å². The lowest BCUT2D eigenvalue weighted by atomic mass is 10.1. The minimum atomic E-state index is -4.66. The SMILES string of the molecule is Cc1nnsc1C(=O)N1CCC(c2noc(C(F)(F)F)n2)C1. The van der Waals surface area contributed by atoms with Crippen LogP contribution in [0.4, 0.5) is 13.2 Å². The van der Waals surface area contributed by atoms with Crippen LogP contribution in [0.2, 0.25) is 0 Å². The number of halogens is 3. The summed E-state index contributed by atoms with van der Waals surface area (Å²) in [6.45, 7) is 2.34. The summed E-state index contributed by atoms with van der Waals surface area (Å²) < 4.78 is 45.3. The van der Waals surface area contributed by atoms with Crippen LogP contribution in [0.1, 0.15) is 39.4 Å². The van der Waals surface area contributed by atoms with Crippen molar-refractivity contribution in [3.05, 3.63) is 22.3 Å². The Morgan fingerprint density at radius 2 is 2.23 bits per heavy atom. The molecule has 2 aromatic heterocycles. The zero-order valence-corrected chi connectivity index (χ0v) is 12.1. The summed E-state index contributed by atoms with van der Waals surface area (Å²) in [5.74, 6) is -1.99. The fourth-order valence-electron chi connectivity index (χ4n) is 2.24. The number of hydrogen-bond acceptors (Lipinski definition) is 7. The van der Waals surface area contributed by atoms with Crippen LogP contribution in [0.5, 0.6) is 0 Å². The molecule has 7 nitrogen and oxygen atoms in total. The van der Waals surface area contributed by atoms with E-state index in [1.165, 1.54) is 4.90 Å². The fraction of sp³-hybridized carbons (Fsp3) is 0.545. The number of amides is 1. The van der Waals surface area contributed by atoms with Crippen LogP contribution in [0.15, 0.2) is 4.52 Å². The lowest BCUT2D eigenvalue weighted by Gasteiger charge is -2.14. The van der Waals surface area contributed by atoms with E-state index >= 15 is 0 Å². The average Bonchev–Trinajstić information content (AvgIpc) is 3.16. The largest absolute Gasteiger partial charge is 0.471 e. The third-order valence-corrected chi connectivity index (χ3v) is 4.19. The van der Waals surface area contributed by atoms with E-state index in [-0.39, 0.29) is 24.2 Å². The molecular weight excluding hydrogens is 323 g/mol. The highest BCUT2D eigenvalue weighted by molar-refractivity contribution is 7.07. The van der Waals surface area contributed by atoms with Crippen LogP contribution < -0.4 is 0 Å². The van der Waals surface area contributed by atoms with E-state index in [1.807, 2.05) is 0 Å². The number of carbonyl (C=O) groups is 1. The predicted octanol–water partition coefficient (Wildman–Crippen LogP) is 1.88. The molecule has 0 radical (unpaired) electrons. The number of likely N-dealkylation sites (tertiary alicyclic amines) is 1. The molecule has 1 aliphatic rings. The Morgan fingerprint density at radius 1 is 1.45 bits per heavy atom. The second kappa shape index (κ2) is 5.30. The van der Waals surface area contributed by atoms with Gasteiger partial charge in [0.2, 0.25) is 0 Å². The molecule has 1 unspecified atom stereocenters. The Morgan fingerprint density at radius 3 is 2.82 bits per heavy atom. The van der Waals surface area contributed by atoms with E-state index in [0.717, 1.165) is 11.5 Å². The van der Waals surface area contributed by atoms with Gasteiger partial charge in [0.05, 0.1) is 5.69 Å². The highest BCUT2D eigenvalue weighted by Crippen LogP contribution is 2.31. The molecule has 118 valence electrons. The van der Waals surface area contributed by atoms with E-state index in [0.29, 0.717) is 23.5 Å². The number of aromatic nitrogens is 4. The molecule has 1 fully saturated rings. The first-order valence-corrected chi connectivity index (χ1v) is 7.12. The molecule has 0 aromatic carbocycles. The minimum Gasteiger partial charge on any atom is -0.337 e.